The molecule has 9 heteroatoms. The number of halogens is 1. The summed E-state index contributed by atoms with van der Waals surface area (Å²) in [7, 11) is 0. The molecule has 0 bridgehead atoms. The molecule has 8 nitrogen and oxygen atoms in total. The number of nitrogens with zero attached hydrogens (tertiary/aromatic N) is 2. The third kappa shape index (κ3) is 5.01. The normalized spacial score (nSPS) is 20.6. The molecule has 0 radical (unpaired) electrons. The average molecular weight is 532 g/mol. The van der Waals surface area contributed by atoms with Gasteiger partial charge in [0.2, 0.25) is 5.91 Å². The highest BCUT2D eigenvalue weighted by Gasteiger charge is 2.44. The minimum atomic E-state index is -0.999. The Kier molecular flexibility index (Phi) is 7.19. The molecule has 0 aliphatic heterocycles. The van der Waals surface area contributed by atoms with Crippen molar-refractivity contribution in [1.82, 2.24) is 10.3 Å². The monoisotopic (exact) mass is 531 g/mol. The fourth-order valence-corrected chi connectivity index (χ4v) is 5.48. The number of carbonyl (C=O) groups excluding carboxylic acids is 2. The first kappa shape index (κ1) is 25.9. The van der Waals surface area contributed by atoms with E-state index in [0.717, 1.165) is 42.2 Å². The fraction of sp³-hybridized carbons (Fsp3) is 0.310. The summed E-state index contributed by atoms with van der Waals surface area (Å²) in [6.07, 6.45) is 6.67. The lowest BCUT2D eigenvalue weighted by molar-refractivity contribution is -0.123. The van der Waals surface area contributed by atoms with Crippen molar-refractivity contribution in [2.75, 3.05) is 11.9 Å². The summed E-state index contributed by atoms with van der Waals surface area (Å²) >= 11 is 6.42. The Morgan fingerprint density at radius 2 is 1.95 bits per heavy atom. The number of fused-ring (bicyclic) bond motifs is 1. The Labute approximate surface area is 226 Å². The number of carbonyl (C=O) groups is 2. The van der Waals surface area contributed by atoms with Crippen molar-refractivity contribution in [2.45, 2.75) is 49.3 Å². The Morgan fingerprint density at radius 3 is 2.61 bits per heavy atom. The van der Waals surface area contributed by atoms with Crippen molar-refractivity contribution in [3.63, 3.8) is 0 Å². The van der Waals surface area contributed by atoms with Gasteiger partial charge in [0.05, 0.1) is 22.5 Å². The zero-order chi connectivity index (χ0) is 26.8. The van der Waals surface area contributed by atoms with Crippen LogP contribution in [0.3, 0.4) is 0 Å². The number of aliphatic imine (C=N–C) groups is 1. The van der Waals surface area contributed by atoms with E-state index in [2.05, 4.69) is 20.6 Å². The number of anilines is 1. The third-order valence-corrected chi connectivity index (χ3v) is 7.93. The molecule has 1 unspecified atom stereocenters. The van der Waals surface area contributed by atoms with Gasteiger partial charge in [0.25, 0.3) is 0 Å². The molecule has 2 aliphatic rings. The second kappa shape index (κ2) is 10.6. The molecule has 2 aromatic carbocycles. The van der Waals surface area contributed by atoms with Gasteiger partial charge in [-0.05, 0) is 79.1 Å². The van der Waals surface area contributed by atoms with Gasteiger partial charge in [0, 0.05) is 23.6 Å². The Balaban J connectivity index is 1.32. The number of rotatable bonds is 9. The molecule has 5 rings (SSSR count). The number of aldehydes is 1. The van der Waals surface area contributed by atoms with E-state index in [1.54, 1.807) is 24.5 Å². The lowest BCUT2D eigenvalue weighted by Gasteiger charge is -2.38. The lowest BCUT2D eigenvalue weighted by Crippen LogP contribution is -2.55. The van der Waals surface area contributed by atoms with E-state index in [1.165, 1.54) is 0 Å². The summed E-state index contributed by atoms with van der Waals surface area (Å²) in [6.45, 7) is 0.0283. The predicted molar refractivity (Wildman–Crippen MR) is 147 cm³/mol. The van der Waals surface area contributed by atoms with Gasteiger partial charge in [-0.2, -0.15) is 0 Å². The van der Waals surface area contributed by atoms with E-state index < -0.39 is 17.2 Å². The Bertz CT molecular complexity index is 1380. The molecule has 1 amide bonds. The highest BCUT2D eigenvalue weighted by Crippen LogP contribution is 2.40. The van der Waals surface area contributed by atoms with Crippen molar-refractivity contribution < 1.29 is 14.7 Å². The molecular formula is C29H30ClN5O3. The van der Waals surface area contributed by atoms with Crippen molar-refractivity contribution in [3.05, 3.63) is 94.3 Å². The highest BCUT2D eigenvalue weighted by atomic mass is 35.5. The molecular weight excluding hydrogens is 502 g/mol. The quantitative estimate of drug-likeness (QED) is 0.145. The van der Waals surface area contributed by atoms with Crippen LogP contribution in [0, 0.1) is 0 Å². The van der Waals surface area contributed by atoms with Crippen LogP contribution in [0.1, 0.15) is 41.5 Å². The van der Waals surface area contributed by atoms with Crippen LogP contribution in [-0.4, -0.2) is 46.4 Å². The molecule has 3 aromatic rings. The van der Waals surface area contributed by atoms with Crippen LogP contribution in [0.15, 0.2) is 72.0 Å². The number of nitrogens with two attached hydrogens (primary N) is 1. The summed E-state index contributed by atoms with van der Waals surface area (Å²) in [5.41, 5.74) is 8.58. The standard InChI is InChI=1S/C29H30ClN5O3/c30-24-7-2-1-6-23(24)26(35-28(18-36)10-4-11-28)33-17-25(37)34-22-9-8-19-14-29(27(31)38,15-20(19)13-22)21-5-3-12-32-16-21/h1-3,5-9,12-13,16,18,25,34,37H,4,10-11,14-15,17H2,(H2,31,38)(H,33,35)/t25?,29-/m1/s1. The molecule has 1 fully saturated rings. The Hall–Kier alpha value is -3.75. The van der Waals surface area contributed by atoms with Gasteiger partial charge in [-0.15, -0.1) is 0 Å². The molecule has 0 saturated heterocycles. The first-order valence-electron chi connectivity index (χ1n) is 12.6. The first-order chi connectivity index (χ1) is 18.3. The second-order valence-corrected chi connectivity index (χ2v) is 10.5. The maximum Gasteiger partial charge on any atom is 0.228 e. The number of aliphatic hydroxyl groups is 1. The molecule has 1 saturated carbocycles. The number of pyridine rings is 1. The van der Waals surface area contributed by atoms with Gasteiger partial charge in [-0.1, -0.05) is 35.9 Å². The molecule has 196 valence electrons. The first-order valence-corrected chi connectivity index (χ1v) is 13.0. The van der Waals surface area contributed by atoms with Crippen molar-refractivity contribution in [1.29, 1.82) is 0 Å². The molecule has 1 heterocycles. The largest absolute Gasteiger partial charge is 0.372 e. The minimum absolute atomic E-state index is 0.0283. The maximum atomic E-state index is 12.6. The van der Waals surface area contributed by atoms with Crippen molar-refractivity contribution in [3.8, 4) is 0 Å². The van der Waals surface area contributed by atoms with E-state index >= 15 is 0 Å². The number of primary amides is 1. The molecule has 2 aliphatic carbocycles. The number of amidine groups is 1. The number of aromatic nitrogens is 1. The number of hydrogen-bond donors (Lipinski definition) is 4. The third-order valence-electron chi connectivity index (χ3n) is 7.60. The van der Waals surface area contributed by atoms with Crippen LogP contribution < -0.4 is 16.4 Å². The summed E-state index contributed by atoms with van der Waals surface area (Å²) in [5, 5.41) is 17.6. The lowest BCUT2D eigenvalue weighted by atomic mass is 9.78. The van der Waals surface area contributed by atoms with Crippen LogP contribution in [0.2, 0.25) is 5.02 Å². The van der Waals surface area contributed by atoms with E-state index in [-0.39, 0.29) is 12.5 Å². The van der Waals surface area contributed by atoms with Gasteiger partial charge in [-0.3, -0.25) is 14.8 Å². The number of aliphatic hydroxyl groups excluding tert-OH is 1. The van der Waals surface area contributed by atoms with Gasteiger partial charge in [-0.25, -0.2) is 0 Å². The average Bonchev–Trinajstić information content (AvgIpc) is 3.29. The molecule has 5 N–H and O–H groups in total. The Morgan fingerprint density at radius 1 is 1.16 bits per heavy atom. The number of nitrogens with one attached hydrogen (secondary N) is 2. The zero-order valence-electron chi connectivity index (χ0n) is 20.9. The SMILES string of the molecule is NC(=O)[C@]1(c2cccnc2)Cc2ccc(NC(O)CN=C(NC3(C=O)CCC3)c3ccccc3Cl)cc2C1. The number of benzene rings is 2. The number of hydrogen-bond acceptors (Lipinski definition) is 6. The summed E-state index contributed by atoms with van der Waals surface area (Å²) in [6, 6.07) is 16.7. The summed E-state index contributed by atoms with van der Waals surface area (Å²) in [4.78, 5) is 33.1. The maximum absolute atomic E-state index is 12.6. The summed E-state index contributed by atoms with van der Waals surface area (Å²) in [5.74, 6) is 0.0876. The van der Waals surface area contributed by atoms with E-state index in [9.17, 15) is 14.7 Å². The number of amides is 1. The highest BCUT2D eigenvalue weighted by molar-refractivity contribution is 6.34. The topological polar surface area (TPSA) is 130 Å². The van der Waals surface area contributed by atoms with Gasteiger partial charge >= 0.3 is 0 Å². The minimum Gasteiger partial charge on any atom is -0.372 e. The fourth-order valence-electron chi connectivity index (χ4n) is 5.26. The van der Waals surface area contributed by atoms with Gasteiger partial charge < -0.3 is 26.3 Å². The van der Waals surface area contributed by atoms with Crippen LogP contribution in [0.4, 0.5) is 5.69 Å². The van der Waals surface area contributed by atoms with Crippen molar-refractivity contribution in [2.24, 2.45) is 10.7 Å². The van der Waals surface area contributed by atoms with E-state index in [0.29, 0.717) is 35.0 Å². The zero-order valence-corrected chi connectivity index (χ0v) is 21.6. The van der Waals surface area contributed by atoms with Crippen LogP contribution in [-0.2, 0) is 27.8 Å². The van der Waals surface area contributed by atoms with E-state index in [1.807, 2.05) is 42.5 Å². The van der Waals surface area contributed by atoms with Crippen molar-refractivity contribution >= 4 is 35.3 Å². The second-order valence-electron chi connectivity index (χ2n) is 10.1. The smallest absolute Gasteiger partial charge is 0.228 e. The molecule has 2 atom stereocenters. The summed E-state index contributed by atoms with van der Waals surface area (Å²) < 4.78 is 0. The van der Waals surface area contributed by atoms with Gasteiger partial charge in [0.1, 0.15) is 18.3 Å². The van der Waals surface area contributed by atoms with Crippen LogP contribution in [0.5, 0.6) is 0 Å². The molecule has 1 aromatic heterocycles. The van der Waals surface area contributed by atoms with Crippen LogP contribution >= 0.6 is 11.6 Å². The predicted octanol–water partition coefficient (Wildman–Crippen LogP) is 3.15. The van der Waals surface area contributed by atoms with Crippen LogP contribution in [0.25, 0.3) is 0 Å². The van der Waals surface area contributed by atoms with E-state index in [4.69, 9.17) is 17.3 Å². The molecule has 38 heavy (non-hydrogen) atoms. The van der Waals surface area contributed by atoms with Gasteiger partial charge in [0.15, 0.2) is 0 Å². The molecule has 0 spiro atoms.